The lowest BCUT2D eigenvalue weighted by Crippen LogP contribution is -2.29. The van der Waals surface area contributed by atoms with Crippen molar-refractivity contribution in [1.82, 2.24) is 9.97 Å². The lowest BCUT2D eigenvalue weighted by Gasteiger charge is -2.42. The summed E-state index contributed by atoms with van der Waals surface area (Å²) in [6.07, 6.45) is 16.9. The average Bonchev–Trinajstić information content (AvgIpc) is 2.85. The Morgan fingerprint density at radius 3 is 2.44 bits per heavy atom. The highest BCUT2D eigenvalue weighted by atomic mass is 14.9. The number of imidazole rings is 1. The molecular formula is C14H22N2. The van der Waals surface area contributed by atoms with Crippen molar-refractivity contribution in [2.45, 2.75) is 63.7 Å². The Morgan fingerprint density at radius 1 is 1.06 bits per heavy atom. The quantitative estimate of drug-likeness (QED) is 0.757. The lowest BCUT2D eigenvalue weighted by molar-refractivity contribution is 0.113. The zero-order valence-corrected chi connectivity index (χ0v) is 10.0. The summed E-state index contributed by atoms with van der Waals surface area (Å²) in [6.45, 7) is 0. The maximum Gasteiger partial charge on any atom is 0.0921 e. The van der Waals surface area contributed by atoms with Gasteiger partial charge < -0.3 is 4.98 Å². The van der Waals surface area contributed by atoms with E-state index in [1.807, 2.05) is 12.5 Å². The molecule has 0 aromatic carbocycles. The number of aromatic amines is 1. The molecule has 16 heavy (non-hydrogen) atoms. The van der Waals surface area contributed by atoms with E-state index in [0.717, 1.165) is 11.3 Å². The van der Waals surface area contributed by atoms with Gasteiger partial charge in [-0.1, -0.05) is 19.3 Å². The number of hydrogen-bond acceptors (Lipinski definition) is 1. The van der Waals surface area contributed by atoms with Gasteiger partial charge in [0.15, 0.2) is 0 Å². The Bertz CT molecular complexity index is 313. The molecule has 0 amide bonds. The SMILES string of the molecule is c1ncc(C2CCC3(CCCCC3)CC2)[nH]1. The van der Waals surface area contributed by atoms with E-state index >= 15 is 0 Å². The summed E-state index contributed by atoms with van der Waals surface area (Å²) in [5.41, 5.74) is 2.11. The molecule has 2 heteroatoms. The van der Waals surface area contributed by atoms with Crippen LogP contribution in [0.15, 0.2) is 12.5 Å². The largest absolute Gasteiger partial charge is 0.348 e. The number of nitrogens with one attached hydrogen (secondary N) is 1. The number of nitrogens with zero attached hydrogens (tertiary/aromatic N) is 1. The van der Waals surface area contributed by atoms with Crippen LogP contribution >= 0.6 is 0 Å². The summed E-state index contributed by atoms with van der Waals surface area (Å²) in [7, 11) is 0. The molecule has 1 aromatic heterocycles. The zero-order valence-electron chi connectivity index (χ0n) is 10.0. The first-order valence-electron chi connectivity index (χ1n) is 6.86. The molecule has 3 rings (SSSR count). The van der Waals surface area contributed by atoms with E-state index in [0.29, 0.717) is 0 Å². The van der Waals surface area contributed by atoms with Gasteiger partial charge in [0, 0.05) is 17.8 Å². The number of H-pyrrole nitrogens is 1. The minimum absolute atomic E-state index is 0.745. The van der Waals surface area contributed by atoms with E-state index in [-0.39, 0.29) is 0 Å². The first-order chi connectivity index (χ1) is 7.88. The highest BCUT2D eigenvalue weighted by Gasteiger charge is 2.36. The van der Waals surface area contributed by atoms with Crippen LogP contribution in [0.2, 0.25) is 0 Å². The predicted molar refractivity (Wildman–Crippen MR) is 65.3 cm³/mol. The van der Waals surface area contributed by atoms with E-state index in [1.165, 1.54) is 63.5 Å². The predicted octanol–water partition coefficient (Wildman–Crippen LogP) is 4.02. The van der Waals surface area contributed by atoms with Gasteiger partial charge in [-0.2, -0.15) is 0 Å². The third kappa shape index (κ3) is 1.90. The second-order valence-corrected chi connectivity index (χ2v) is 5.84. The van der Waals surface area contributed by atoms with Gasteiger partial charge in [0.25, 0.3) is 0 Å². The highest BCUT2D eigenvalue weighted by Crippen LogP contribution is 2.50. The third-order valence-electron chi connectivity index (χ3n) is 4.92. The van der Waals surface area contributed by atoms with Crippen molar-refractivity contribution in [3.8, 4) is 0 Å². The van der Waals surface area contributed by atoms with Crippen molar-refractivity contribution >= 4 is 0 Å². The normalized spacial score (nSPS) is 26.0. The molecule has 1 N–H and O–H groups in total. The van der Waals surface area contributed by atoms with E-state index < -0.39 is 0 Å². The Hall–Kier alpha value is -0.790. The number of rotatable bonds is 1. The molecule has 0 radical (unpaired) electrons. The second-order valence-electron chi connectivity index (χ2n) is 5.84. The van der Waals surface area contributed by atoms with Crippen molar-refractivity contribution in [2.75, 3.05) is 0 Å². The molecule has 0 aliphatic heterocycles. The molecule has 1 spiro atoms. The van der Waals surface area contributed by atoms with Crippen molar-refractivity contribution in [1.29, 1.82) is 0 Å². The Kier molecular flexibility index (Phi) is 2.74. The summed E-state index contributed by atoms with van der Waals surface area (Å²) in [6, 6.07) is 0. The molecule has 2 nitrogen and oxygen atoms in total. The van der Waals surface area contributed by atoms with Crippen LogP contribution in [0.5, 0.6) is 0 Å². The number of hydrogen-bond donors (Lipinski definition) is 1. The topological polar surface area (TPSA) is 28.7 Å². The molecule has 2 saturated carbocycles. The lowest BCUT2D eigenvalue weighted by atomic mass is 9.63. The van der Waals surface area contributed by atoms with Gasteiger partial charge in [0.2, 0.25) is 0 Å². The van der Waals surface area contributed by atoms with Crippen LogP contribution in [0, 0.1) is 5.41 Å². The van der Waals surface area contributed by atoms with Crippen LogP contribution in [0.3, 0.4) is 0 Å². The summed E-state index contributed by atoms with van der Waals surface area (Å²) < 4.78 is 0. The van der Waals surface area contributed by atoms with Gasteiger partial charge in [-0.25, -0.2) is 4.98 Å². The minimum atomic E-state index is 0.745. The monoisotopic (exact) mass is 218 g/mol. The van der Waals surface area contributed by atoms with Crippen LogP contribution in [-0.2, 0) is 0 Å². The fourth-order valence-corrected chi connectivity index (χ4v) is 3.83. The van der Waals surface area contributed by atoms with Crippen LogP contribution in [-0.4, -0.2) is 9.97 Å². The molecule has 0 atom stereocenters. The zero-order chi connectivity index (χ0) is 10.8. The molecule has 0 bridgehead atoms. The highest BCUT2D eigenvalue weighted by molar-refractivity contribution is 5.06. The van der Waals surface area contributed by atoms with Gasteiger partial charge >= 0.3 is 0 Å². The van der Waals surface area contributed by atoms with Gasteiger partial charge in [-0.15, -0.1) is 0 Å². The van der Waals surface area contributed by atoms with Crippen molar-refractivity contribution in [3.05, 3.63) is 18.2 Å². The van der Waals surface area contributed by atoms with E-state index in [4.69, 9.17) is 0 Å². The fraction of sp³-hybridized carbons (Fsp3) is 0.786. The van der Waals surface area contributed by atoms with Crippen LogP contribution in [0.25, 0.3) is 0 Å². The summed E-state index contributed by atoms with van der Waals surface area (Å²) in [4.78, 5) is 7.43. The van der Waals surface area contributed by atoms with E-state index in [9.17, 15) is 0 Å². The van der Waals surface area contributed by atoms with Crippen LogP contribution in [0.1, 0.15) is 69.4 Å². The molecule has 88 valence electrons. The van der Waals surface area contributed by atoms with Gasteiger partial charge in [-0.3, -0.25) is 0 Å². The Labute approximate surface area is 97.9 Å². The molecule has 2 aliphatic carbocycles. The van der Waals surface area contributed by atoms with Crippen molar-refractivity contribution in [3.63, 3.8) is 0 Å². The first-order valence-corrected chi connectivity index (χ1v) is 6.86. The molecule has 0 saturated heterocycles. The Balaban J connectivity index is 1.63. The summed E-state index contributed by atoms with van der Waals surface area (Å²) in [5.74, 6) is 0.759. The smallest absolute Gasteiger partial charge is 0.0921 e. The maximum absolute atomic E-state index is 4.15. The molecule has 2 fully saturated rings. The summed E-state index contributed by atoms with van der Waals surface area (Å²) in [5, 5.41) is 0. The third-order valence-corrected chi connectivity index (χ3v) is 4.92. The van der Waals surface area contributed by atoms with E-state index in [2.05, 4.69) is 9.97 Å². The maximum atomic E-state index is 4.15. The standard InChI is InChI=1S/C14H22N2/c1-2-6-14(7-3-1)8-4-12(5-9-14)13-10-15-11-16-13/h10-12H,1-9H2,(H,15,16). The van der Waals surface area contributed by atoms with E-state index in [1.54, 1.807) is 0 Å². The number of aromatic nitrogens is 2. The second kappa shape index (κ2) is 4.23. The fourth-order valence-electron chi connectivity index (χ4n) is 3.83. The van der Waals surface area contributed by atoms with Crippen molar-refractivity contribution in [2.24, 2.45) is 5.41 Å². The summed E-state index contributed by atoms with van der Waals surface area (Å²) >= 11 is 0. The first kappa shape index (κ1) is 10.4. The minimum Gasteiger partial charge on any atom is -0.348 e. The average molecular weight is 218 g/mol. The van der Waals surface area contributed by atoms with Gasteiger partial charge in [0.05, 0.1) is 6.33 Å². The molecule has 1 heterocycles. The molecule has 2 aliphatic rings. The molecule has 1 aromatic rings. The molecule has 0 unspecified atom stereocenters. The Morgan fingerprint density at radius 2 is 1.81 bits per heavy atom. The van der Waals surface area contributed by atoms with Crippen molar-refractivity contribution < 1.29 is 0 Å². The molecular weight excluding hydrogens is 196 g/mol. The van der Waals surface area contributed by atoms with Crippen LogP contribution in [0.4, 0.5) is 0 Å². The van der Waals surface area contributed by atoms with Crippen LogP contribution < -0.4 is 0 Å². The van der Waals surface area contributed by atoms with Gasteiger partial charge in [0.1, 0.15) is 0 Å². The van der Waals surface area contributed by atoms with Gasteiger partial charge in [-0.05, 0) is 43.9 Å².